The summed E-state index contributed by atoms with van der Waals surface area (Å²) in [5.74, 6) is 0.873. The van der Waals surface area contributed by atoms with Crippen molar-refractivity contribution in [2.75, 3.05) is 14.2 Å². The van der Waals surface area contributed by atoms with Crippen molar-refractivity contribution >= 4 is 0 Å². The summed E-state index contributed by atoms with van der Waals surface area (Å²) in [5.41, 5.74) is 3.76. The number of nitrogens with one attached hydrogen (secondary N) is 1. The number of aromatic nitrogens is 2. The molecule has 0 saturated heterocycles. The Hall–Kier alpha value is -1.81. The van der Waals surface area contributed by atoms with Gasteiger partial charge in [0.2, 0.25) is 0 Å². The molecule has 0 bridgehead atoms. The quantitative estimate of drug-likeness (QED) is 0.918. The maximum atomic E-state index is 5.19. The van der Waals surface area contributed by atoms with Gasteiger partial charge in [-0.05, 0) is 50.6 Å². The van der Waals surface area contributed by atoms with Crippen LogP contribution in [0.15, 0.2) is 30.5 Å². The Morgan fingerprint density at radius 3 is 2.79 bits per heavy atom. The van der Waals surface area contributed by atoms with E-state index in [1.165, 1.54) is 24.1 Å². The Morgan fingerprint density at radius 1 is 1.32 bits per heavy atom. The second kappa shape index (κ2) is 5.05. The van der Waals surface area contributed by atoms with Gasteiger partial charge in [-0.2, -0.15) is 5.10 Å². The first kappa shape index (κ1) is 12.2. The van der Waals surface area contributed by atoms with Gasteiger partial charge in [0, 0.05) is 17.3 Å². The van der Waals surface area contributed by atoms with Gasteiger partial charge in [0.05, 0.1) is 19.0 Å². The van der Waals surface area contributed by atoms with Crippen LogP contribution in [0.25, 0.3) is 5.69 Å². The SMILES string of the molecule is CNC1CCCc2c1cnn2-c1ccc(OC)cc1. The predicted octanol–water partition coefficient (Wildman–Crippen LogP) is 2.48. The Kier molecular flexibility index (Phi) is 3.25. The third kappa shape index (κ3) is 2.12. The minimum Gasteiger partial charge on any atom is -0.497 e. The van der Waals surface area contributed by atoms with Crippen LogP contribution in [-0.2, 0) is 6.42 Å². The summed E-state index contributed by atoms with van der Waals surface area (Å²) in [5, 5.41) is 7.93. The van der Waals surface area contributed by atoms with Crippen molar-refractivity contribution in [2.45, 2.75) is 25.3 Å². The average Bonchev–Trinajstić information content (AvgIpc) is 2.91. The van der Waals surface area contributed by atoms with Crippen LogP contribution in [0.4, 0.5) is 0 Å². The van der Waals surface area contributed by atoms with Crippen LogP contribution in [-0.4, -0.2) is 23.9 Å². The van der Waals surface area contributed by atoms with E-state index in [1.807, 2.05) is 25.4 Å². The summed E-state index contributed by atoms with van der Waals surface area (Å²) in [6.07, 6.45) is 5.50. The van der Waals surface area contributed by atoms with Crippen LogP contribution < -0.4 is 10.1 Å². The third-order valence-electron chi connectivity index (χ3n) is 3.85. The van der Waals surface area contributed by atoms with Crippen LogP contribution in [0.2, 0.25) is 0 Å². The minimum atomic E-state index is 0.441. The summed E-state index contributed by atoms with van der Waals surface area (Å²) in [7, 11) is 3.70. The van der Waals surface area contributed by atoms with Crippen molar-refractivity contribution in [3.63, 3.8) is 0 Å². The topological polar surface area (TPSA) is 39.1 Å². The molecular weight excluding hydrogens is 238 g/mol. The molecule has 0 spiro atoms. The number of methoxy groups -OCH3 is 1. The van der Waals surface area contributed by atoms with Gasteiger partial charge in [0.15, 0.2) is 0 Å². The molecule has 3 rings (SSSR count). The normalized spacial score (nSPS) is 18.1. The highest BCUT2D eigenvalue weighted by Crippen LogP contribution is 2.30. The highest BCUT2D eigenvalue weighted by atomic mass is 16.5. The zero-order valence-corrected chi connectivity index (χ0v) is 11.4. The lowest BCUT2D eigenvalue weighted by Crippen LogP contribution is -2.21. The standard InChI is InChI=1S/C15H19N3O/c1-16-14-4-3-5-15-13(14)10-17-18(15)11-6-8-12(19-2)9-7-11/h6-10,14,16H,3-5H2,1-2H3. The number of hydrogen-bond donors (Lipinski definition) is 1. The van der Waals surface area contributed by atoms with Gasteiger partial charge in [-0.1, -0.05) is 0 Å². The van der Waals surface area contributed by atoms with E-state index in [0.717, 1.165) is 17.9 Å². The molecule has 1 aliphatic rings. The van der Waals surface area contributed by atoms with Crippen LogP contribution in [0.3, 0.4) is 0 Å². The molecule has 0 amide bonds. The van der Waals surface area contributed by atoms with Gasteiger partial charge < -0.3 is 10.1 Å². The molecule has 1 atom stereocenters. The summed E-state index contributed by atoms with van der Waals surface area (Å²) in [6, 6.07) is 8.49. The molecule has 0 radical (unpaired) electrons. The molecule has 1 aromatic heterocycles. The maximum absolute atomic E-state index is 5.19. The molecule has 4 nitrogen and oxygen atoms in total. The number of fused-ring (bicyclic) bond motifs is 1. The number of hydrogen-bond acceptors (Lipinski definition) is 3. The Bertz CT molecular complexity index is 559. The van der Waals surface area contributed by atoms with Crippen molar-refractivity contribution < 1.29 is 4.74 Å². The largest absolute Gasteiger partial charge is 0.497 e. The fourth-order valence-corrected chi connectivity index (χ4v) is 2.80. The highest BCUT2D eigenvalue weighted by molar-refractivity contribution is 5.40. The first-order chi connectivity index (χ1) is 9.33. The summed E-state index contributed by atoms with van der Waals surface area (Å²) in [4.78, 5) is 0. The fraction of sp³-hybridized carbons (Fsp3) is 0.400. The van der Waals surface area contributed by atoms with Crippen molar-refractivity contribution in [1.29, 1.82) is 0 Å². The lowest BCUT2D eigenvalue weighted by atomic mass is 9.93. The lowest BCUT2D eigenvalue weighted by Gasteiger charge is -2.22. The molecule has 19 heavy (non-hydrogen) atoms. The molecule has 1 heterocycles. The molecule has 1 N–H and O–H groups in total. The summed E-state index contributed by atoms with van der Waals surface area (Å²) in [6.45, 7) is 0. The van der Waals surface area contributed by atoms with Crippen molar-refractivity contribution in [1.82, 2.24) is 15.1 Å². The molecule has 0 aliphatic heterocycles. The van der Waals surface area contributed by atoms with E-state index in [0.29, 0.717) is 6.04 Å². The maximum Gasteiger partial charge on any atom is 0.119 e. The Labute approximate surface area is 113 Å². The predicted molar refractivity (Wildman–Crippen MR) is 74.9 cm³/mol. The first-order valence-corrected chi connectivity index (χ1v) is 6.72. The average molecular weight is 257 g/mol. The van der Waals surface area contributed by atoms with Crippen LogP contribution in [0, 0.1) is 0 Å². The zero-order valence-electron chi connectivity index (χ0n) is 11.4. The second-order valence-electron chi connectivity index (χ2n) is 4.89. The molecule has 0 fully saturated rings. The Morgan fingerprint density at radius 2 is 2.11 bits per heavy atom. The van der Waals surface area contributed by atoms with Crippen LogP contribution in [0.5, 0.6) is 5.75 Å². The van der Waals surface area contributed by atoms with E-state index in [2.05, 4.69) is 27.2 Å². The number of ether oxygens (including phenoxy) is 1. The molecule has 2 aromatic rings. The van der Waals surface area contributed by atoms with Crippen LogP contribution in [0.1, 0.15) is 30.1 Å². The van der Waals surface area contributed by atoms with E-state index < -0.39 is 0 Å². The van der Waals surface area contributed by atoms with Crippen molar-refractivity contribution in [3.05, 3.63) is 41.7 Å². The molecule has 100 valence electrons. The van der Waals surface area contributed by atoms with E-state index in [-0.39, 0.29) is 0 Å². The van der Waals surface area contributed by atoms with Gasteiger partial charge in [-0.3, -0.25) is 0 Å². The lowest BCUT2D eigenvalue weighted by molar-refractivity contribution is 0.414. The second-order valence-corrected chi connectivity index (χ2v) is 4.89. The third-order valence-corrected chi connectivity index (χ3v) is 3.85. The molecule has 1 aliphatic carbocycles. The molecule has 1 unspecified atom stereocenters. The van der Waals surface area contributed by atoms with E-state index >= 15 is 0 Å². The van der Waals surface area contributed by atoms with Gasteiger partial charge in [0.1, 0.15) is 5.75 Å². The molecule has 4 heteroatoms. The molecule has 0 saturated carbocycles. The van der Waals surface area contributed by atoms with Gasteiger partial charge in [-0.15, -0.1) is 0 Å². The van der Waals surface area contributed by atoms with Gasteiger partial charge >= 0.3 is 0 Å². The number of rotatable bonds is 3. The van der Waals surface area contributed by atoms with E-state index in [1.54, 1.807) is 7.11 Å². The minimum absolute atomic E-state index is 0.441. The van der Waals surface area contributed by atoms with Gasteiger partial charge in [0.25, 0.3) is 0 Å². The summed E-state index contributed by atoms with van der Waals surface area (Å²) >= 11 is 0. The number of nitrogens with zero attached hydrogens (tertiary/aromatic N) is 2. The van der Waals surface area contributed by atoms with Gasteiger partial charge in [-0.25, -0.2) is 4.68 Å². The molecular formula is C15H19N3O. The first-order valence-electron chi connectivity index (χ1n) is 6.72. The van der Waals surface area contributed by atoms with Crippen molar-refractivity contribution in [2.24, 2.45) is 0 Å². The Balaban J connectivity index is 1.99. The smallest absolute Gasteiger partial charge is 0.119 e. The number of benzene rings is 1. The fourth-order valence-electron chi connectivity index (χ4n) is 2.80. The highest BCUT2D eigenvalue weighted by Gasteiger charge is 2.23. The van der Waals surface area contributed by atoms with E-state index in [4.69, 9.17) is 4.74 Å². The monoisotopic (exact) mass is 257 g/mol. The van der Waals surface area contributed by atoms with Crippen LogP contribution >= 0.6 is 0 Å². The summed E-state index contributed by atoms with van der Waals surface area (Å²) < 4.78 is 7.25. The molecule has 1 aromatic carbocycles. The van der Waals surface area contributed by atoms with E-state index in [9.17, 15) is 0 Å². The van der Waals surface area contributed by atoms with Crippen molar-refractivity contribution in [3.8, 4) is 11.4 Å². The zero-order chi connectivity index (χ0) is 13.2.